The van der Waals surface area contributed by atoms with Crippen molar-refractivity contribution < 1.29 is 9.53 Å². The van der Waals surface area contributed by atoms with Crippen LogP contribution < -0.4 is 4.90 Å². The summed E-state index contributed by atoms with van der Waals surface area (Å²) in [5, 5.41) is 0.524. The Labute approximate surface area is 103 Å². The molecule has 1 fully saturated rings. The first-order valence-electron chi connectivity index (χ1n) is 4.72. The summed E-state index contributed by atoms with van der Waals surface area (Å²) in [7, 11) is 0. The quantitative estimate of drug-likeness (QED) is 0.768. The van der Waals surface area contributed by atoms with Gasteiger partial charge >= 0.3 is 6.09 Å². The van der Waals surface area contributed by atoms with Crippen molar-refractivity contribution >= 4 is 35.1 Å². The first-order valence-corrected chi connectivity index (χ1v) is 5.63. The van der Waals surface area contributed by atoms with Gasteiger partial charge in [-0.1, -0.05) is 11.6 Å². The number of hydrogen-bond donors (Lipinski definition) is 0. The van der Waals surface area contributed by atoms with Crippen LogP contribution >= 0.6 is 23.2 Å². The minimum atomic E-state index is -0.653. The van der Waals surface area contributed by atoms with Crippen LogP contribution in [-0.2, 0) is 4.74 Å². The molecule has 0 bridgehead atoms. The Morgan fingerprint density at radius 1 is 1.62 bits per heavy atom. The van der Waals surface area contributed by atoms with Gasteiger partial charge in [-0.25, -0.2) is 9.78 Å². The van der Waals surface area contributed by atoms with Gasteiger partial charge in [0.05, 0.1) is 17.4 Å². The molecule has 0 aliphatic carbocycles. The number of carbonyl (C=O) groups excluding carboxylic acids is 1. The topological polar surface area (TPSA) is 42.4 Å². The van der Waals surface area contributed by atoms with Crippen LogP contribution in [0.25, 0.3) is 0 Å². The zero-order valence-electron chi connectivity index (χ0n) is 8.61. The zero-order chi connectivity index (χ0) is 11.8. The van der Waals surface area contributed by atoms with E-state index in [2.05, 4.69) is 4.98 Å². The molecule has 1 aromatic heterocycles. The SMILES string of the molecule is C[C@]1(CCl)CN(c2ccc(Cl)cn2)C(=O)O1. The molecule has 1 aliphatic heterocycles. The summed E-state index contributed by atoms with van der Waals surface area (Å²) < 4.78 is 5.18. The monoisotopic (exact) mass is 260 g/mol. The van der Waals surface area contributed by atoms with Crippen LogP contribution in [0.4, 0.5) is 10.6 Å². The Morgan fingerprint density at radius 2 is 2.38 bits per heavy atom. The van der Waals surface area contributed by atoms with E-state index < -0.39 is 11.7 Å². The lowest BCUT2D eigenvalue weighted by Crippen LogP contribution is -2.33. The van der Waals surface area contributed by atoms with Gasteiger partial charge in [-0.2, -0.15) is 0 Å². The van der Waals surface area contributed by atoms with E-state index in [1.54, 1.807) is 19.1 Å². The number of anilines is 1. The summed E-state index contributed by atoms with van der Waals surface area (Å²) in [5.41, 5.74) is -0.653. The second-order valence-corrected chi connectivity index (χ2v) is 4.58. The van der Waals surface area contributed by atoms with Gasteiger partial charge < -0.3 is 4.74 Å². The molecule has 1 atom stereocenters. The fraction of sp³-hybridized carbons (Fsp3) is 0.400. The van der Waals surface area contributed by atoms with Crippen molar-refractivity contribution in [3.05, 3.63) is 23.4 Å². The molecule has 2 rings (SSSR count). The number of amides is 1. The van der Waals surface area contributed by atoms with Gasteiger partial charge in [-0.05, 0) is 19.1 Å². The molecule has 6 heteroatoms. The third kappa shape index (κ3) is 2.08. The van der Waals surface area contributed by atoms with Crippen LogP contribution in [0, 0.1) is 0 Å². The van der Waals surface area contributed by atoms with Gasteiger partial charge in [0, 0.05) is 6.20 Å². The first kappa shape index (κ1) is 11.5. The van der Waals surface area contributed by atoms with Crippen LogP contribution in [0.5, 0.6) is 0 Å². The van der Waals surface area contributed by atoms with E-state index in [9.17, 15) is 4.79 Å². The molecule has 86 valence electrons. The van der Waals surface area contributed by atoms with Gasteiger partial charge in [-0.15, -0.1) is 11.6 Å². The number of halogens is 2. The summed E-state index contributed by atoms with van der Waals surface area (Å²) in [5.74, 6) is 0.770. The molecule has 0 radical (unpaired) electrons. The predicted octanol–water partition coefficient (Wildman–Crippen LogP) is 2.69. The minimum Gasteiger partial charge on any atom is -0.440 e. The highest BCUT2D eigenvalue weighted by atomic mass is 35.5. The third-order valence-corrected chi connectivity index (χ3v) is 3.11. The highest BCUT2D eigenvalue weighted by Gasteiger charge is 2.41. The standard InChI is InChI=1S/C10H10Cl2N2O2/c1-10(5-11)6-14(9(15)16-10)8-3-2-7(12)4-13-8/h2-4H,5-6H2,1H3/t10-/m0/s1. The molecule has 0 saturated carbocycles. The molecule has 1 amide bonds. The van der Waals surface area contributed by atoms with E-state index in [0.717, 1.165) is 0 Å². The second-order valence-electron chi connectivity index (χ2n) is 3.87. The average molecular weight is 261 g/mol. The van der Waals surface area contributed by atoms with Crippen molar-refractivity contribution in [3.8, 4) is 0 Å². The lowest BCUT2D eigenvalue weighted by molar-refractivity contribution is 0.0896. The van der Waals surface area contributed by atoms with Crippen molar-refractivity contribution in [3.63, 3.8) is 0 Å². The summed E-state index contributed by atoms with van der Waals surface area (Å²) >= 11 is 11.5. The molecule has 0 unspecified atom stereocenters. The highest BCUT2D eigenvalue weighted by Crippen LogP contribution is 2.27. The van der Waals surface area contributed by atoms with E-state index in [0.29, 0.717) is 17.4 Å². The van der Waals surface area contributed by atoms with E-state index in [-0.39, 0.29) is 5.88 Å². The van der Waals surface area contributed by atoms with Crippen LogP contribution in [0.2, 0.25) is 5.02 Å². The number of cyclic esters (lactones) is 1. The summed E-state index contributed by atoms with van der Waals surface area (Å²) in [6, 6.07) is 3.34. The number of rotatable bonds is 2. The fourth-order valence-electron chi connectivity index (χ4n) is 1.47. The third-order valence-electron chi connectivity index (χ3n) is 2.32. The maximum absolute atomic E-state index is 11.6. The fourth-order valence-corrected chi connectivity index (χ4v) is 1.72. The lowest BCUT2D eigenvalue weighted by Gasteiger charge is -2.17. The summed E-state index contributed by atoms with van der Waals surface area (Å²) in [6.45, 7) is 2.18. The van der Waals surface area contributed by atoms with E-state index in [4.69, 9.17) is 27.9 Å². The van der Waals surface area contributed by atoms with Crippen molar-refractivity contribution in [2.75, 3.05) is 17.3 Å². The lowest BCUT2D eigenvalue weighted by atomic mass is 10.1. The molecule has 0 spiro atoms. The van der Waals surface area contributed by atoms with Gasteiger partial charge in [-0.3, -0.25) is 4.90 Å². The number of ether oxygens (including phenoxy) is 1. The maximum Gasteiger partial charge on any atom is 0.416 e. The number of carbonyl (C=O) groups is 1. The Balaban J connectivity index is 2.23. The number of aromatic nitrogens is 1. The molecule has 0 N–H and O–H groups in total. The Kier molecular flexibility index (Phi) is 2.95. The highest BCUT2D eigenvalue weighted by molar-refractivity contribution is 6.30. The van der Waals surface area contributed by atoms with E-state index in [1.807, 2.05) is 0 Å². The smallest absolute Gasteiger partial charge is 0.416 e. The van der Waals surface area contributed by atoms with Crippen molar-refractivity contribution in [1.29, 1.82) is 0 Å². The number of alkyl halides is 1. The molecule has 2 heterocycles. The van der Waals surface area contributed by atoms with Gasteiger partial charge in [0.2, 0.25) is 0 Å². The van der Waals surface area contributed by atoms with Crippen LogP contribution in [0.3, 0.4) is 0 Å². The molecule has 1 aromatic rings. The first-order chi connectivity index (χ1) is 7.54. The zero-order valence-corrected chi connectivity index (χ0v) is 10.1. The van der Waals surface area contributed by atoms with Gasteiger partial charge in [0.25, 0.3) is 0 Å². The minimum absolute atomic E-state index is 0.253. The second kappa shape index (κ2) is 4.11. The largest absolute Gasteiger partial charge is 0.440 e. The molecule has 1 aliphatic rings. The number of nitrogens with zero attached hydrogens (tertiary/aromatic N) is 2. The Bertz CT molecular complexity index is 410. The number of hydrogen-bond acceptors (Lipinski definition) is 3. The van der Waals surface area contributed by atoms with Crippen molar-refractivity contribution in [1.82, 2.24) is 4.98 Å². The van der Waals surface area contributed by atoms with Crippen LogP contribution in [-0.4, -0.2) is 29.1 Å². The van der Waals surface area contributed by atoms with Crippen LogP contribution in [0.1, 0.15) is 6.92 Å². The van der Waals surface area contributed by atoms with E-state index in [1.165, 1.54) is 11.1 Å². The molecular formula is C10H10Cl2N2O2. The Morgan fingerprint density at radius 3 is 2.88 bits per heavy atom. The van der Waals surface area contributed by atoms with Gasteiger partial charge in [0.1, 0.15) is 11.4 Å². The predicted molar refractivity (Wildman–Crippen MR) is 62.2 cm³/mol. The summed E-state index contributed by atoms with van der Waals surface area (Å²) in [4.78, 5) is 17.1. The van der Waals surface area contributed by atoms with E-state index >= 15 is 0 Å². The normalized spacial score (nSPS) is 24.7. The molecule has 0 aromatic carbocycles. The van der Waals surface area contributed by atoms with Crippen molar-refractivity contribution in [2.45, 2.75) is 12.5 Å². The molecule has 1 saturated heterocycles. The van der Waals surface area contributed by atoms with Crippen LogP contribution in [0.15, 0.2) is 18.3 Å². The molecule has 16 heavy (non-hydrogen) atoms. The molecule has 4 nitrogen and oxygen atoms in total. The maximum atomic E-state index is 11.6. The van der Waals surface area contributed by atoms with Crippen molar-refractivity contribution in [2.24, 2.45) is 0 Å². The van der Waals surface area contributed by atoms with Gasteiger partial charge in [0.15, 0.2) is 0 Å². The number of pyridine rings is 1. The summed E-state index contributed by atoms with van der Waals surface area (Å²) in [6.07, 6.45) is 1.05. The average Bonchev–Trinajstić information content (AvgIpc) is 2.57. The Hall–Kier alpha value is -1.00. The molecular weight excluding hydrogens is 251 g/mol.